The monoisotopic (exact) mass is 264 g/mol. The first-order valence-electron chi connectivity index (χ1n) is 5.83. The van der Waals surface area contributed by atoms with E-state index < -0.39 is 11.8 Å². The van der Waals surface area contributed by atoms with Crippen LogP contribution in [0.4, 0.5) is 0 Å². The molecule has 19 heavy (non-hydrogen) atoms. The highest BCUT2D eigenvalue weighted by Gasteiger charge is 2.14. The minimum absolute atomic E-state index is 0.288. The number of oxazole rings is 1. The number of nitrogens with two attached hydrogens (primary N) is 1. The third kappa shape index (κ3) is 2.67. The van der Waals surface area contributed by atoms with Gasteiger partial charge in [0.2, 0.25) is 0 Å². The van der Waals surface area contributed by atoms with Crippen LogP contribution in [-0.4, -0.2) is 23.6 Å². The fraction of sp³-hybridized carbons (Fsp3) is 0.333. The molecule has 0 saturated heterocycles. The van der Waals surface area contributed by atoms with Gasteiger partial charge in [-0.1, -0.05) is 6.07 Å². The summed E-state index contributed by atoms with van der Waals surface area (Å²) in [5.74, 6) is -0.701. The molecule has 7 nitrogen and oxygen atoms in total. The number of carbonyl (C=O) groups excluding carboxylic acids is 1. The van der Waals surface area contributed by atoms with Gasteiger partial charge < -0.3 is 10.2 Å². The second-order valence-corrected chi connectivity index (χ2v) is 4.28. The number of hydrogen-bond donors (Lipinski definition) is 3. The Morgan fingerprint density at radius 2 is 2.26 bits per heavy atom. The van der Waals surface area contributed by atoms with E-state index in [1.54, 1.807) is 32.3 Å². The van der Waals surface area contributed by atoms with Crippen LogP contribution in [0.1, 0.15) is 5.56 Å². The molecular formula is C12H16N4O3. The van der Waals surface area contributed by atoms with Gasteiger partial charge in [0, 0.05) is 14.1 Å². The largest absolute Gasteiger partial charge is 0.419 e. The van der Waals surface area contributed by atoms with Crippen LogP contribution < -0.4 is 22.3 Å². The van der Waals surface area contributed by atoms with Crippen molar-refractivity contribution < 1.29 is 9.21 Å². The van der Waals surface area contributed by atoms with Gasteiger partial charge in [-0.2, -0.15) is 0 Å². The van der Waals surface area contributed by atoms with Crippen LogP contribution in [0, 0.1) is 0 Å². The predicted octanol–water partition coefficient (Wildman–Crippen LogP) is -0.748. The number of hydrogen-bond acceptors (Lipinski definition) is 5. The fourth-order valence-electron chi connectivity index (χ4n) is 1.86. The number of aryl methyl sites for hydroxylation is 1. The number of carbonyl (C=O) groups is 1. The first-order valence-corrected chi connectivity index (χ1v) is 5.83. The number of aromatic nitrogens is 1. The minimum Gasteiger partial charge on any atom is -0.408 e. The fourth-order valence-corrected chi connectivity index (χ4v) is 1.86. The molecule has 2 rings (SSSR count). The zero-order valence-electron chi connectivity index (χ0n) is 10.8. The molecule has 2 aromatic rings. The van der Waals surface area contributed by atoms with Crippen molar-refractivity contribution in [3.8, 4) is 0 Å². The number of rotatable bonds is 4. The third-order valence-corrected chi connectivity index (χ3v) is 2.90. The number of hydrazine groups is 1. The maximum Gasteiger partial charge on any atom is 0.419 e. The minimum atomic E-state index is -0.658. The number of benzene rings is 1. The first-order chi connectivity index (χ1) is 9.02. The Bertz CT molecular complexity index is 659. The molecule has 0 fully saturated rings. The van der Waals surface area contributed by atoms with Crippen LogP contribution in [0.3, 0.4) is 0 Å². The molecule has 102 valence electrons. The van der Waals surface area contributed by atoms with E-state index in [9.17, 15) is 9.59 Å². The van der Waals surface area contributed by atoms with E-state index in [4.69, 9.17) is 10.2 Å². The maximum absolute atomic E-state index is 11.5. The van der Waals surface area contributed by atoms with Crippen molar-refractivity contribution in [1.82, 2.24) is 15.4 Å². The molecular weight excluding hydrogens is 248 g/mol. The SMILES string of the molecule is CNNC(=O)C(N)Cc1ccc2oc(=O)n(C)c2c1. The Morgan fingerprint density at radius 1 is 1.53 bits per heavy atom. The van der Waals surface area contributed by atoms with Crippen molar-refractivity contribution in [2.24, 2.45) is 12.8 Å². The molecule has 1 atom stereocenters. The molecule has 0 aliphatic heterocycles. The van der Waals surface area contributed by atoms with Crippen molar-refractivity contribution in [2.75, 3.05) is 7.05 Å². The second-order valence-electron chi connectivity index (χ2n) is 4.28. The summed E-state index contributed by atoms with van der Waals surface area (Å²) in [6, 6.07) is 4.63. The van der Waals surface area contributed by atoms with Crippen LogP contribution in [0.5, 0.6) is 0 Å². The Hall–Kier alpha value is -2.12. The van der Waals surface area contributed by atoms with Crippen LogP contribution in [0.2, 0.25) is 0 Å². The van der Waals surface area contributed by atoms with Crippen LogP contribution in [0.25, 0.3) is 11.1 Å². The number of amides is 1. The van der Waals surface area contributed by atoms with Crippen molar-refractivity contribution in [3.05, 3.63) is 34.3 Å². The molecule has 0 bridgehead atoms. The van der Waals surface area contributed by atoms with E-state index in [1.165, 1.54) is 4.57 Å². The van der Waals surface area contributed by atoms with Gasteiger partial charge >= 0.3 is 5.76 Å². The number of nitrogens with one attached hydrogen (secondary N) is 2. The van der Waals surface area contributed by atoms with Crippen molar-refractivity contribution in [3.63, 3.8) is 0 Å². The normalized spacial score (nSPS) is 12.6. The highest BCUT2D eigenvalue weighted by molar-refractivity contribution is 5.81. The Morgan fingerprint density at radius 3 is 2.95 bits per heavy atom. The summed E-state index contributed by atoms with van der Waals surface area (Å²) in [5.41, 5.74) is 12.8. The molecule has 0 spiro atoms. The van der Waals surface area contributed by atoms with E-state index in [0.29, 0.717) is 17.5 Å². The second kappa shape index (κ2) is 5.25. The Kier molecular flexibility index (Phi) is 3.68. The van der Waals surface area contributed by atoms with E-state index in [2.05, 4.69) is 10.9 Å². The van der Waals surface area contributed by atoms with E-state index in [0.717, 1.165) is 5.56 Å². The Balaban J connectivity index is 2.24. The lowest BCUT2D eigenvalue weighted by atomic mass is 10.1. The molecule has 0 aliphatic rings. The number of nitrogens with zero attached hydrogens (tertiary/aromatic N) is 1. The predicted molar refractivity (Wildman–Crippen MR) is 70.3 cm³/mol. The zero-order valence-corrected chi connectivity index (χ0v) is 10.8. The van der Waals surface area contributed by atoms with Gasteiger partial charge in [0.15, 0.2) is 5.58 Å². The van der Waals surface area contributed by atoms with E-state index in [-0.39, 0.29) is 5.91 Å². The lowest BCUT2D eigenvalue weighted by molar-refractivity contribution is -0.123. The topological polar surface area (TPSA) is 102 Å². The average molecular weight is 264 g/mol. The summed E-state index contributed by atoms with van der Waals surface area (Å²) in [6.45, 7) is 0. The molecule has 0 radical (unpaired) electrons. The highest BCUT2D eigenvalue weighted by atomic mass is 16.4. The van der Waals surface area contributed by atoms with E-state index in [1.807, 2.05) is 0 Å². The van der Waals surface area contributed by atoms with Gasteiger partial charge in [0.25, 0.3) is 5.91 Å². The summed E-state index contributed by atoms with van der Waals surface area (Å²) < 4.78 is 6.45. The molecule has 1 aromatic carbocycles. The van der Waals surface area contributed by atoms with Crippen molar-refractivity contribution >= 4 is 17.0 Å². The van der Waals surface area contributed by atoms with Gasteiger partial charge in [-0.05, 0) is 24.1 Å². The molecule has 0 aliphatic carbocycles. The molecule has 7 heteroatoms. The molecule has 0 saturated carbocycles. The molecule has 1 aromatic heterocycles. The van der Waals surface area contributed by atoms with Gasteiger partial charge in [0.1, 0.15) is 0 Å². The molecule has 1 heterocycles. The average Bonchev–Trinajstić information content (AvgIpc) is 2.66. The summed E-state index contributed by atoms with van der Waals surface area (Å²) in [5, 5.41) is 0. The molecule has 1 amide bonds. The summed E-state index contributed by atoms with van der Waals surface area (Å²) in [7, 11) is 3.23. The van der Waals surface area contributed by atoms with Crippen molar-refractivity contribution in [2.45, 2.75) is 12.5 Å². The molecule has 4 N–H and O–H groups in total. The summed E-state index contributed by atoms with van der Waals surface area (Å²) in [6.07, 6.45) is 0.378. The van der Waals surface area contributed by atoms with Gasteiger partial charge in [-0.3, -0.25) is 14.8 Å². The highest BCUT2D eigenvalue weighted by Crippen LogP contribution is 2.15. The summed E-state index contributed by atoms with van der Waals surface area (Å²) >= 11 is 0. The van der Waals surface area contributed by atoms with Crippen LogP contribution in [-0.2, 0) is 18.3 Å². The standard InChI is InChI=1S/C12H16N4O3/c1-14-15-11(17)8(13)5-7-3-4-10-9(6-7)16(2)12(18)19-10/h3-4,6,8,14H,5,13H2,1-2H3,(H,15,17). The third-order valence-electron chi connectivity index (χ3n) is 2.90. The van der Waals surface area contributed by atoms with Crippen molar-refractivity contribution in [1.29, 1.82) is 0 Å². The quantitative estimate of drug-likeness (QED) is 0.631. The number of fused-ring (bicyclic) bond motifs is 1. The summed E-state index contributed by atoms with van der Waals surface area (Å²) in [4.78, 5) is 22.9. The van der Waals surface area contributed by atoms with Gasteiger partial charge in [-0.25, -0.2) is 10.2 Å². The maximum atomic E-state index is 11.5. The molecule has 1 unspecified atom stereocenters. The lowest BCUT2D eigenvalue weighted by Crippen LogP contribution is -2.46. The Labute approximate surface area is 109 Å². The lowest BCUT2D eigenvalue weighted by Gasteiger charge is -2.11. The van der Waals surface area contributed by atoms with Gasteiger partial charge in [-0.15, -0.1) is 0 Å². The van der Waals surface area contributed by atoms with E-state index >= 15 is 0 Å². The zero-order chi connectivity index (χ0) is 14.0. The van der Waals surface area contributed by atoms with Crippen LogP contribution >= 0.6 is 0 Å². The van der Waals surface area contributed by atoms with Crippen LogP contribution in [0.15, 0.2) is 27.4 Å². The van der Waals surface area contributed by atoms with Gasteiger partial charge in [0.05, 0.1) is 11.6 Å². The smallest absolute Gasteiger partial charge is 0.408 e. The first kappa shape index (κ1) is 13.3.